The monoisotopic (exact) mass is 323 g/mol. The Morgan fingerprint density at radius 2 is 1.50 bits per heavy atom. The van der Waals surface area contributed by atoms with E-state index in [1.165, 1.54) is 12.1 Å². The molecule has 4 rings (SSSR count). The molecule has 4 heteroatoms. The fourth-order valence-electron chi connectivity index (χ4n) is 3.02. The Hall–Kier alpha value is -2.88. The molecule has 0 N–H and O–H groups in total. The third kappa shape index (κ3) is 2.40. The van der Waals surface area contributed by atoms with Gasteiger partial charge in [-0.15, -0.1) is 0 Å². The first-order valence-electron chi connectivity index (χ1n) is 7.48. The summed E-state index contributed by atoms with van der Waals surface area (Å²) < 4.78 is 39.1. The molecule has 0 atom stereocenters. The summed E-state index contributed by atoms with van der Waals surface area (Å²) in [4.78, 5) is 4.44. The van der Waals surface area contributed by atoms with Gasteiger partial charge in [0.25, 0.3) is 0 Å². The van der Waals surface area contributed by atoms with Crippen LogP contribution in [0.3, 0.4) is 0 Å². The molecular formula is C20H12F3N. The molecule has 1 heterocycles. The molecule has 1 nitrogen and oxygen atoms in total. The molecule has 118 valence electrons. The minimum atomic E-state index is -4.36. The van der Waals surface area contributed by atoms with Crippen molar-refractivity contribution in [1.29, 1.82) is 0 Å². The fraction of sp³-hybridized carbons (Fsp3) is 0.0500. The maximum atomic E-state index is 13.0. The zero-order valence-electron chi connectivity index (χ0n) is 12.5. The van der Waals surface area contributed by atoms with Crippen LogP contribution in [0, 0.1) is 0 Å². The zero-order chi connectivity index (χ0) is 16.7. The van der Waals surface area contributed by atoms with Crippen molar-refractivity contribution in [2.75, 3.05) is 0 Å². The first-order valence-corrected chi connectivity index (χ1v) is 7.48. The lowest BCUT2D eigenvalue weighted by Gasteiger charge is -2.12. The predicted octanol–water partition coefficient (Wildman–Crippen LogP) is 6.07. The third-order valence-corrected chi connectivity index (χ3v) is 4.12. The Balaban J connectivity index is 2.06. The number of nitrogens with zero attached hydrogens (tertiary/aromatic N) is 1. The molecule has 0 bridgehead atoms. The van der Waals surface area contributed by atoms with Crippen molar-refractivity contribution in [3.63, 3.8) is 0 Å². The van der Waals surface area contributed by atoms with Crippen molar-refractivity contribution < 1.29 is 13.2 Å². The van der Waals surface area contributed by atoms with E-state index in [9.17, 15) is 13.2 Å². The molecule has 1 aromatic heterocycles. The number of halogens is 3. The van der Waals surface area contributed by atoms with E-state index in [-0.39, 0.29) is 0 Å². The summed E-state index contributed by atoms with van der Waals surface area (Å²) in [7, 11) is 0. The Kier molecular flexibility index (Phi) is 3.27. The van der Waals surface area contributed by atoms with Crippen LogP contribution < -0.4 is 0 Å². The number of hydrogen-bond donors (Lipinski definition) is 0. The number of pyridine rings is 1. The van der Waals surface area contributed by atoms with Crippen molar-refractivity contribution in [1.82, 2.24) is 4.98 Å². The van der Waals surface area contributed by atoms with Gasteiger partial charge in [0, 0.05) is 17.0 Å². The quantitative estimate of drug-likeness (QED) is 0.387. The van der Waals surface area contributed by atoms with Crippen molar-refractivity contribution in [2.45, 2.75) is 6.18 Å². The van der Waals surface area contributed by atoms with E-state index in [0.29, 0.717) is 5.56 Å². The van der Waals surface area contributed by atoms with E-state index in [1.54, 1.807) is 12.3 Å². The zero-order valence-corrected chi connectivity index (χ0v) is 12.5. The number of hydrogen-bond acceptors (Lipinski definition) is 1. The van der Waals surface area contributed by atoms with Gasteiger partial charge in [0.05, 0.1) is 11.1 Å². The minimum Gasteiger partial charge on any atom is -0.256 e. The molecule has 0 radical (unpaired) electrons. The van der Waals surface area contributed by atoms with Crippen LogP contribution in [0.15, 0.2) is 72.9 Å². The number of benzene rings is 3. The molecule has 24 heavy (non-hydrogen) atoms. The number of fused-ring (bicyclic) bond motifs is 3. The lowest BCUT2D eigenvalue weighted by Crippen LogP contribution is -2.04. The standard InChI is InChI=1S/C20H12F3N/c21-20(22,23)16-7-1-5-15(12-16)17-8-2-4-13-9-10-14-6-3-11-24-19(14)18(13)17/h1-12H. The Bertz CT molecular complexity index is 1050. The van der Waals surface area contributed by atoms with Crippen LogP contribution in [0.1, 0.15) is 5.56 Å². The molecule has 3 aromatic carbocycles. The summed E-state index contributed by atoms with van der Waals surface area (Å²) in [5, 5.41) is 2.79. The maximum absolute atomic E-state index is 13.0. The Labute approximate surface area is 136 Å². The summed E-state index contributed by atoms with van der Waals surface area (Å²) in [6.07, 6.45) is -2.66. The van der Waals surface area contributed by atoms with Gasteiger partial charge in [-0.25, -0.2) is 0 Å². The SMILES string of the molecule is FC(F)(F)c1cccc(-c2cccc3ccc4cccnc4c23)c1. The van der Waals surface area contributed by atoms with Crippen molar-refractivity contribution >= 4 is 21.7 Å². The molecule has 0 saturated heterocycles. The van der Waals surface area contributed by atoms with Crippen LogP contribution in [-0.4, -0.2) is 4.98 Å². The van der Waals surface area contributed by atoms with Gasteiger partial charge >= 0.3 is 6.18 Å². The third-order valence-electron chi connectivity index (χ3n) is 4.12. The summed E-state index contributed by atoms with van der Waals surface area (Å²) in [6.45, 7) is 0. The summed E-state index contributed by atoms with van der Waals surface area (Å²) in [5.74, 6) is 0. The molecule has 0 amide bonds. The smallest absolute Gasteiger partial charge is 0.256 e. The summed E-state index contributed by atoms with van der Waals surface area (Å²) >= 11 is 0. The maximum Gasteiger partial charge on any atom is 0.416 e. The highest BCUT2D eigenvalue weighted by Gasteiger charge is 2.30. The molecule has 0 unspecified atom stereocenters. The van der Waals surface area contributed by atoms with Crippen LogP contribution in [-0.2, 0) is 6.18 Å². The minimum absolute atomic E-state index is 0.536. The van der Waals surface area contributed by atoms with Crippen LogP contribution in [0.25, 0.3) is 32.8 Å². The predicted molar refractivity (Wildman–Crippen MR) is 89.7 cm³/mol. The van der Waals surface area contributed by atoms with Crippen LogP contribution in [0.2, 0.25) is 0 Å². The lowest BCUT2D eigenvalue weighted by atomic mass is 9.95. The highest BCUT2D eigenvalue weighted by Crippen LogP contribution is 2.36. The van der Waals surface area contributed by atoms with Crippen LogP contribution in [0.4, 0.5) is 13.2 Å². The molecule has 0 spiro atoms. The normalized spacial score (nSPS) is 12.0. The highest BCUT2D eigenvalue weighted by atomic mass is 19.4. The van der Waals surface area contributed by atoms with Gasteiger partial charge in [0.15, 0.2) is 0 Å². The van der Waals surface area contributed by atoms with Gasteiger partial charge in [-0.05, 0) is 34.7 Å². The first kappa shape index (κ1) is 14.7. The van der Waals surface area contributed by atoms with E-state index < -0.39 is 11.7 Å². The first-order chi connectivity index (χ1) is 11.5. The van der Waals surface area contributed by atoms with Crippen molar-refractivity contribution in [2.24, 2.45) is 0 Å². The lowest BCUT2D eigenvalue weighted by molar-refractivity contribution is -0.137. The molecule has 0 fully saturated rings. The second-order valence-electron chi connectivity index (χ2n) is 5.62. The van der Waals surface area contributed by atoms with Crippen LogP contribution >= 0.6 is 0 Å². The molecule has 4 aromatic rings. The molecule has 0 aliphatic carbocycles. The van der Waals surface area contributed by atoms with Crippen molar-refractivity contribution in [3.8, 4) is 11.1 Å². The molecular weight excluding hydrogens is 311 g/mol. The van der Waals surface area contributed by atoms with Gasteiger partial charge in [-0.1, -0.05) is 48.5 Å². The van der Waals surface area contributed by atoms with E-state index in [4.69, 9.17) is 0 Å². The number of rotatable bonds is 1. The molecule has 0 saturated carbocycles. The van der Waals surface area contributed by atoms with E-state index in [0.717, 1.165) is 33.3 Å². The van der Waals surface area contributed by atoms with E-state index >= 15 is 0 Å². The average molecular weight is 323 g/mol. The largest absolute Gasteiger partial charge is 0.416 e. The molecule has 0 aliphatic heterocycles. The highest BCUT2D eigenvalue weighted by molar-refractivity contribution is 6.12. The number of alkyl halides is 3. The van der Waals surface area contributed by atoms with Gasteiger partial charge < -0.3 is 0 Å². The second kappa shape index (κ2) is 5.34. The Morgan fingerprint density at radius 1 is 0.750 bits per heavy atom. The van der Waals surface area contributed by atoms with Crippen LogP contribution in [0.5, 0.6) is 0 Å². The van der Waals surface area contributed by atoms with Gasteiger partial charge in [-0.3, -0.25) is 4.98 Å². The summed E-state index contributed by atoms with van der Waals surface area (Å²) in [6, 6.07) is 18.8. The van der Waals surface area contributed by atoms with Gasteiger partial charge in [0.2, 0.25) is 0 Å². The Morgan fingerprint density at radius 3 is 2.33 bits per heavy atom. The van der Waals surface area contributed by atoms with E-state index in [1.807, 2.05) is 42.5 Å². The fourth-order valence-corrected chi connectivity index (χ4v) is 3.02. The second-order valence-corrected chi connectivity index (χ2v) is 5.62. The summed E-state index contributed by atoms with van der Waals surface area (Å²) in [5.41, 5.74) is 1.43. The topological polar surface area (TPSA) is 12.9 Å². The number of aromatic nitrogens is 1. The van der Waals surface area contributed by atoms with Crippen molar-refractivity contribution in [3.05, 3.63) is 78.5 Å². The average Bonchev–Trinajstić information content (AvgIpc) is 2.60. The van der Waals surface area contributed by atoms with E-state index in [2.05, 4.69) is 4.98 Å². The van der Waals surface area contributed by atoms with Gasteiger partial charge in [-0.2, -0.15) is 13.2 Å². The molecule has 0 aliphatic rings. The van der Waals surface area contributed by atoms with Gasteiger partial charge in [0.1, 0.15) is 0 Å².